The molecule has 236 valence electrons. The van der Waals surface area contributed by atoms with Crippen molar-refractivity contribution >= 4 is 0 Å². The molecule has 3 rings (SSSR count). The second kappa shape index (κ2) is 13.6. The summed E-state index contributed by atoms with van der Waals surface area (Å²) >= 11 is 0. The molecule has 2 aliphatic carbocycles. The van der Waals surface area contributed by atoms with Gasteiger partial charge in [-0.1, -0.05) is 13.8 Å². The molecule has 0 aromatic carbocycles. The summed E-state index contributed by atoms with van der Waals surface area (Å²) in [6, 6.07) is 0. The fraction of sp³-hybridized carbons (Fsp3) is 1.00. The van der Waals surface area contributed by atoms with E-state index in [1.54, 1.807) is 0 Å². The van der Waals surface area contributed by atoms with Gasteiger partial charge in [0.25, 0.3) is 0 Å². The molecule has 1 saturated heterocycles. The Labute approximate surface area is 227 Å². The summed E-state index contributed by atoms with van der Waals surface area (Å²) in [5.74, 6) is -8.05. The average Bonchev–Trinajstić information content (AvgIpc) is 2.81. The average molecular weight is 605 g/mol. The molecule has 3 aliphatic rings. The van der Waals surface area contributed by atoms with Gasteiger partial charge in [-0.25, -0.2) is 26.3 Å². The smallest absolute Gasteiger partial charge is 0.378 e. The standard InChI is InChI=1S/C27H39F11O2/c1-3-17(28)23(18(29)7-6-15-5-4-13(2)12-39-15)14-8-19(30)25(20(31)9-14)27(37,38)40-16-10-21(32)24(22(33)11-16)26(34,35)36/h13-25H,3-12H2,1-2H3. The van der Waals surface area contributed by atoms with Crippen molar-refractivity contribution in [3.8, 4) is 0 Å². The molecule has 0 amide bonds. The maximum absolute atomic E-state index is 15.3. The molecule has 0 N–H and O–H groups in total. The lowest BCUT2D eigenvalue weighted by Gasteiger charge is -2.43. The first kappa shape index (κ1) is 33.6. The molecule has 3 fully saturated rings. The van der Waals surface area contributed by atoms with Gasteiger partial charge in [-0.15, -0.1) is 0 Å². The monoisotopic (exact) mass is 604 g/mol. The molecule has 2 saturated carbocycles. The fourth-order valence-corrected chi connectivity index (χ4v) is 6.65. The number of alkyl halides is 11. The first-order chi connectivity index (χ1) is 18.5. The van der Waals surface area contributed by atoms with Gasteiger partial charge < -0.3 is 9.47 Å². The van der Waals surface area contributed by atoms with Gasteiger partial charge in [0.1, 0.15) is 48.9 Å². The minimum absolute atomic E-state index is 0.118. The highest BCUT2D eigenvalue weighted by atomic mass is 19.4. The highest BCUT2D eigenvalue weighted by Gasteiger charge is 2.59. The van der Waals surface area contributed by atoms with Gasteiger partial charge in [-0.05, 0) is 56.8 Å². The normalized spacial score (nSPS) is 40.4. The Bertz CT molecular complexity index is 752. The van der Waals surface area contributed by atoms with Gasteiger partial charge in [-0.2, -0.15) is 22.0 Å². The predicted molar refractivity (Wildman–Crippen MR) is 125 cm³/mol. The summed E-state index contributed by atoms with van der Waals surface area (Å²) in [5.41, 5.74) is 0. The van der Waals surface area contributed by atoms with Crippen LogP contribution in [0, 0.1) is 29.6 Å². The van der Waals surface area contributed by atoms with Crippen LogP contribution in [-0.4, -0.2) is 68.1 Å². The minimum atomic E-state index is -5.24. The third kappa shape index (κ3) is 8.16. The van der Waals surface area contributed by atoms with Crippen LogP contribution in [-0.2, 0) is 9.47 Å². The number of halogens is 11. The molecule has 2 nitrogen and oxygen atoms in total. The van der Waals surface area contributed by atoms with Crippen molar-refractivity contribution in [1.29, 1.82) is 0 Å². The van der Waals surface area contributed by atoms with E-state index in [-0.39, 0.29) is 25.4 Å². The molecule has 40 heavy (non-hydrogen) atoms. The zero-order valence-corrected chi connectivity index (χ0v) is 22.6. The van der Waals surface area contributed by atoms with Gasteiger partial charge in [0, 0.05) is 25.4 Å². The first-order valence-corrected chi connectivity index (χ1v) is 14.1. The van der Waals surface area contributed by atoms with Gasteiger partial charge in [0.15, 0.2) is 0 Å². The fourth-order valence-electron chi connectivity index (χ4n) is 6.65. The molecule has 0 bridgehead atoms. The molecule has 0 radical (unpaired) electrons. The summed E-state index contributed by atoms with van der Waals surface area (Å²) in [5, 5.41) is 0. The van der Waals surface area contributed by atoms with Crippen LogP contribution in [0.2, 0.25) is 0 Å². The number of hydrogen-bond acceptors (Lipinski definition) is 2. The second-order valence-electron chi connectivity index (χ2n) is 11.9. The molecule has 9 atom stereocenters. The second-order valence-corrected chi connectivity index (χ2v) is 11.9. The zero-order valence-electron chi connectivity index (χ0n) is 22.6. The molecule has 1 heterocycles. The molecule has 0 aromatic heterocycles. The lowest BCUT2D eigenvalue weighted by molar-refractivity contribution is -0.327. The Hall–Kier alpha value is -0.850. The van der Waals surface area contributed by atoms with Crippen LogP contribution < -0.4 is 0 Å². The van der Waals surface area contributed by atoms with Gasteiger partial charge in [-0.3, -0.25) is 0 Å². The summed E-state index contributed by atoms with van der Waals surface area (Å²) < 4.78 is 167. The zero-order chi connectivity index (χ0) is 30.0. The van der Waals surface area contributed by atoms with Crippen LogP contribution in [0.5, 0.6) is 0 Å². The van der Waals surface area contributed by atoms with E-state index in [0.29, 0.717) is 18.9 Å². The SMILES string of the molecule is CCC(F)C(C(F)CCC1CCC(C)CO1)C1CC(F)C(C(F)(F)OC2CC(F)C(C(F)(F)F)C(F)C2)C(F)C1. The minimum Gasteiger partial charge on any atom is -0.378 e. The highest BCUT2D eigenvalue weighted by molar-refractivity contribution is 4.97. The van der Waals surface area contributed by atoms with Crippen molar-refractivity contribution in [1.82, 2.24) is 0 Å². The Morgan fingerprint density at radius 2 is 1.35 bits per heavy atom. The Kier molecular flexibility index (Phi) is 11.5. The van der Waals surface area contributed by atoms with Crippen LogP contribution in [0.25, 0.3) is 0 Å². The Morgan fingerprint density at radius 3 is 1.82 bits per heavy atom. The van der Waals surface area contributed by atoms with E-state index in [4.69, 9.17) is 4.74 Å². The molecule has 0 aromatic rings. The molecular formula is C27H39F11O2. The van der Waals surface area contributed by atoms with Crippen LogP contribution in [0.3, 0.4) is 0 Å². The van der Waals surface area contributed by atoms with E-state index < -0.39 is 105 Å². The molecule has 1 aliphatic heterocycles. The van der Waals surface area contributed by atoms with Crippen LogP contribution in [0.4, 0.5) is 48.3 Å². The number of hydrogen-bond donors (Lipinski definition) is 0. The Balaban J connectivity index is 1.63. The Morgan fingerprint density at radius 1 is 0.800 bits per heavy atom. The molecule has 13 heteroatoms. The van der Waals surface area contributed by atoms with Crippen molar-refractivity contribution in [2.24, 2.45) is 29.6 Å². The summed E-state index contributed by atoms with van der Waals surface area (Å²) in [6.07, 6.45) is -29.1. The van der Waals surface area contributed by atoms with Crippen LogP contribution in [0.15, 0.2) is 0 Å². The van der Waals surface area contributed by atoms with E-state index in [2.05, 4.69) is 4.74 Å². The molecule has 0 spiro atoms. The van der Waals surface area contributed by atoms with E-state index in [0.717, 1.165) is 6.42 Å². The summed E-state index contributed by atoms with van der Waals surface area (Å²) in [6.45, 7) is 3.97. The maximum Gasteiger partial charge on any atom is 0.397 e. The van der Waals surface area contributed by atoms with Gasteiger partial charge in [0.05, 0.1) is 12.2 Å². The van der Waals surface area contributed by atoms with E-state index >= 15 is 13.2 Å². The van der Waals surface area contributed by atoms with E-state index in [1.165, 1.54) is 6.92 Å². The van der Waals surface area contributed by atoms with Crippen molar-refractivity contribution < 1.29 is 57.8 Å². The van der Waals surface area contributed by atoms with Crippen molar-refractivity contribution in [3.05, 3.63) is 0 Å². The highest BCUT2D eigenvalue weighted by Crippen LogP contribution is 2.49. The number of ether oxygens (including phenoxy) is 2. The lowest BCUT2D eigenvalue weighted by atomic mass is 9.69. The predicted octanol–water partition coefficient (Wildman–Crippen LogP) is 8.61. The summed E-state index contributed by atoms with van der Waals surface area (Å²) in [7, 11) is 0. The summed E-state index contributed by atoms with van der Waals surface area (Å²) in [4.78, 5) is 0. The van der Waals surface area contributed by atoms with E-state index in [9.17, 15) is 35.1 Å². The quantitative estimate of drug-likeness (QED) is 0.233. The third-order valence-corrected chi connectivity index (χ3v) is 8.81. The van der Waals surface area contributed by atoms with Crippen LogP contribution in [0.1, 0.15) is 71.6 Å². The van der Waals surface area contributed by atoms with Gasteiger partial charge >= 0.3 is 12.3 Å². The molecule has 9 unspecified atom stereocenters. The number of rotatable bonds is 10. The largest absolute Gasteiger partial charge is 0.397 e. The third-order valence-electron chi connectivity index (χ3n) is 8.81. The van der Waals surface area contributed by atoms with Crippen molar-refractivity contribution in [2.45, 2.75) is 133 Å². The molecular weight excluding hydrogens is 565 g/mol. The van der Waals surface area contributed by atoms with Crippen molar-refractivity contribution in [2.75, 3.05) is 6.61 Å². The maximum atomic E-state index is 15.3. The topological polar surface area (TPSA) is 18.5 Å². The van der Waals surface area contributed by atoms with Gasteiger partial charge in [0.2, 0.25) is 0 Å². The van der Waals surface area contributed by atoms with E-state index in [1.807, 2.05) is 6.92 Å². The van der Waals surface area contributed by atoms with Crippen molar-refractivity contribution in [3.63, 3.8) is 0 Å². The first-order valence-electron chi connectivity index (χ1n) is 14.1. The lowest BCUT2D eigenvalue weighted by Crippen LogP contribution is -2.53. The van der Waals surface area contributed by atoms with Crippen LogP contribution >= 0.6 is 0 Å².